The van der Waals surface area contributed by atoms with Crippen LogP contribution in [-0.4, -0.2) is 72.4 Å². The average molecular weight is 475 g/mol. The van der Waals surface area contributed by atoms with Gasteiger partial charge in [0.1, 0.15) is 0 Å². The van der Waals surface area contributed by atoms with Crippen LogP contribution in [0.5, 0.6) is 0 Å². The summed E-state index contributed by atoms with van der Waals surface area (Å²) in [6.07, 6.45) is 0. The lowest BCUT2D eigenvalue weighted by atomic mass is 10.2. The van der Waals surface area contributed by atoms with Crippen molar-refractivity contribution in [2.24, 2.45) is 0 Å². The molecule has 0 aliphatic carbocycles. The fourth-order valence-electron chi connectivity index (χ4n) is 4.58. The van der Waals surface area contributed by atoms with E-state index in [2.05, 4.69) is 130 Å². The smallest absolute Gasteiger partial charge is 0.0910 e. The summed E-state index contributed by atoms with van der Waals surface area (Å²) >= 11 is 0. The molecule has 0 unspecified atom stereocenters. The Balaban J connectivity index is 7.25. The molecule has 0 aliphatic rings. The third-order valence-electron chi connectivity index (χ3n) is 5.34. The fourth-order valence-corrected chi connectivity index (χ4v) is 10.1. The van der Waals surface area contributed by atoms with E-state index in [-0.39, 0.29) is 0 Å². The average Bonchev–Trinajstić information content (AvgIpc) is 2.54. The van der Waals surface area contributed by atoms with Gasteiger partial charge in [-0.3, -0.25) is 18.9 Å². The molecule has 0 fully saturated rings. The molecule has 0 atom stereocenters. The molecule has 0 bridgehead atoms. The van der Waals surface area contributed by atoms with E-state index in [1.54, 1.807) is 5.16 Å². The summed E-state index contributed by atoms with van der Waals surface area (Å²) in [5, 5.41) is 1.59. The predicted molar refractivity (Wildman–Crippen MR) is 147 cm³/mol. The van der Waals surface area contributed by atoms with Crippen LogP contribution >= 0.6 is 16.6 Å². The number of hydrogen-bond acceptors (Lipinski definition) is 3. The third kappa shape index (κ3) is 8.95. The molecule has 0 amide bonds. The molecule has 0 saturated carbocycles. The molecule has 0 radical (unpaired) electrons. The van der Waals surface area contributed by atoms with Gasteiger partial charge in [-0.25, -0.2) is 0 Å². The largest absolute Gasteiger partial charge is 0.263 e. The van der Waals surface area contributed by atoms with Crippen molar-refractivity contribution in [1.29, 1.82) is 0 Å². The van der Waals surface area contributed by atoms with E-state index in [4.69, 9.17) is 0 Å². The quantitative estimate of drug-likeness (QED) is 0.253. The van der Waals surface area contributed by atoms with Crippen molar-refractivity contribution in [3.8, 4) is 0 Å². The van der Waals surface area contributed by atoms with Crippen molar-refractivity contribution < 1.29 is 0 Å². The van der Waals surface area contributed by atoms with Gasteiger partial charge in [0.2, 0.25) is 0 Å². The van der Waals surface area contributed by atoms with Crippen LogP contribution in [-0.2, 0) is 0 Å². The lowest BCUT2D eigenvalue weighted by Crippen LogP contribution is -2.50. The molecule has 0 heterocycles. The molecule has 0 aromatic carbocycles. The maximum Gasteiger partial charge on any atom is 0.0910 e. The monoisotopic (exact) mass is 474 g/mol. The van der Waals surface area contributed by atoms with Crippen LogP contribution in [0.4, 0.5) is 0 Å². The van der Waals surface area contributed by atoms with Crippen molar-refractivity contribution in [3.63, 3.8) is 0 Å². The minimum atomic E-state index is -0.640. The fraction of sp³-hybridized carbons (Fsp3) is 0.960. The van der Waals surface area contributed by atoms with E-state index in [1.165, 1.54) is 8.35 Å². The first-order valence-corrected chi connectivity index (χ1v) is 14.7. The van der Waals surface area contributed by atoms with E-state index >= 15 is 0 Å². The first-order chi connectivity index (χ1) is 14.1. The van der Waals surface area contributed by atoms with Gasteiger partial charge in [-0.05, 0) is 111 Å². The van der Waals surface area contributed by atoms with Crippen LogP contribution in [0.3, 0.4) is 0 Å². The van der Waals surface area contributed by atoms with Gasteiger partial charge in [0.05, 0.1) is 13.4 Å². The molecule has 0 rings (SSSR count). The highest BCUT2D eigenvalue weighted by Gasteiger charge is 2.40. The molecule has 6 heteroatoms. The molecule has 31 heavy (non-hydrogen) atoms. The number of nitrogens with zero attached hydrogens (tertiary/aromatic N) is 4. The van der Waals surface area contributed by atoms with Gasteiger partial charge in [0.15, 0.2) is 0 Å². The molecule has 0 aliphatic heterocycles. The van der Waals surface area contributed by atoms with Crippen LogP contribution in [0.1, 0.15) is 111 Å². The Morgan fingerprint density at radius 1 is 0.452 bits per heavy atom. The molecule has 0 N–H and O–H groups in total. The lowest BCUT2D eigenvalue weighted by molar-refractivity contribution is 0.253. The zero-order valence-corrected chi connectivity index (χ0v) is 25.6. The van der Waals surface area contributed by atoms with Crippen LogP contribution in [0, 0.1) is 0 Å². The van der Waals surface area contributed by atoms with Crippen molar-refractivity contribution in [2.45, 2.75) is 159 Å². The Hall–Kier alpha value is 0.440. The number of rotatable bonds is 13. The van der Waals surface area contributed by atoms with Gasteiger partial charge in [0, 0.05) is 56.7 Å². The molecule has 186 valence electrons. The summed E-state index contributed by atoms with van der Waals surface area (Å²) in [5.74, 6) is 0. The minimum absolute atomic E-state index is 0.469. The Bertz CT molecular complexity index is 476. The van der Waals surface area contributed by atoms with E-state index < -0.39 is 8.22 Å². The van der Waals surface area contributed by atoms with E-state index in [0.717, 1.165) is 0 Å². The van der Waals surface area contributed by atoms with Gasteiger partial charge in [-0.1, -0.05) is 0 Å². The maximum atomic E-state index is 2.80. The Kier molecular flexibility index (Phi) is 14.2. The maximum absolute atomic E-state index is 2.80. The zero-order valence-electron chi connectivity index (χ0n) is 23.8. The van der Waals surface area contributed by atoms with Crippen molar-refractivity contribution in [3.05, 3.63) is 0 Å². The second kappa shape index (κ2) is 14.0. The summed E-state index contributed by atoms with van der Waals surface area (Å²) in [6, 6.07) is 3.91. The van der Waals surface area contributed by atoms with Crippen molar-refractivity contribution >= 4 is 21.7 Å². The molecular weight excluding hydrogens is 418 g/mol. The van der Waals surface area contributed by atoms with Crippen molar-refractivity contribution in [1.82, 2.24) is 18.9 Å². The van der Waals surface area contributed by atoms with Crippen molar-refractivity contribution in [2.75, 3.05) is 0 Å². The Morgan fingerprint density at radius 3 is 0.935 bits per heavy atom. The van der Waals surface area contributed by atoms with Crippen LogP contribution in [0.2, 0.25) is 0 Å². The predicted octanol–water partition coefficient (Wildman–Crippen LogP) is 7.72. The standard InChI is InChI=1S/C25H56N4P2/c1-17(2)26(18(3)4)25(30-27(19(5)6)20(7)8)31(28(21(9)10)22(11)12)29(23(13)14)24(15)16/h17-24H,1-16H3. The molecule has 0 spiro atoms. The van der Waals surface area contributed by atoms with Gasteiger partial charge in [0.25, 0.3) is 0 Å². The SMILES string of the molecule is CC(C)N(P=C(N(C(C)C)C(C)C)P(N(C(C)C)C(C)C)N(C(C)C)C(C)C)C(C)C. The Labute approximate surface area is 199 Å². The molecule has 4 nitrogen and oxygen atoms in total. The summed E-state index contributed by atoms with van der Waals surface area (Å²) < 4.78 is 8.25. The molecule has 0 aromatic heterocycles. The van der Waals surface area contributed by atoms with Gasteiger partial charge >= 0.3 is 0 Å². The van der Waals surface area contributed by atoms with Crippen LogP contribution < -0.4 is 0 Å². The zero-order chi connectivity index (χ0) is 24.8. The molecule has 0 saturated heterocycles. The second-order valence-electron chi connectivity index (χ2n) is 11.0. The first kappa shape index (κ1) is 31.4. The van der Waals surface area contributed by atoms with Crippen LogP contribution in [0.15, 0.2) is 0 Å². The van der Waals surface area contributed by atoms with Gasteiger partial charge in [-0.2, -0.15) is 0 Å². The summed E-state index contributed by atoms with van der Waals surface area (Å²) in [4.78, 5) is 2.72. The van der Waals surface area contributed by atoms with E-state index in [9.17, 15) is 0 Å². The topological polar surface area (TPSA) is 13.0 Å². The lowest BCUT2D eigenvalue weighted by Gasteiger charge is -2.51. The summed E-state index contributed by atoms with van der Waals surface area (Å²) in [6.45, 7) is 37.8. The van der Waals surface area contributed by atoms with E-state index in [1.807, 2.05) is 0 Å². The third-order valence-corrected chi connectivity index (χ3v) is 11.0. The Morgan fingerprint density at radius 2 is 0.742 bits per heavy atom. The first-order valence-electron chi connectivity index (χ1n) is 12.6. The number of hydrogen-bond donors (Lipinski definition) is 0. The molecule has 0 aromatic rings. The van der Waals surface area contributed by atoms with Crippen LogP contribution in [0.25, 0.3) is 0 Å². The highest BCUT2D eigenvalue weighted by molar-refractivity contribution is 7.81. The molecular formula is C25H56N4P2. The van der Waals surface area contributed by atoms with Gasteiger partial charge < -0.3 is 0 Å². The summed E-state index contributed by atoms with van der Waals surface area (Å²) in [7, 11) is 0.723. The highest BCUT2D eigenvalue weighted by atomic mass is 31.2. The van der Waals surface area contributed by atoms with E-state index in [0.29, 0.717) is 48.3 Å². The second-order valence-corrected chi connectivity index (χ2v) is 14.4. The summed E-state index contributed by atoms with van der Waals surface area (Å²) in [5.41, 5.74) is 0. The van der Waals surface area contributed by atoms with Gasteiger partial charge in [-0.15, -0.1) is 0 Å². The minimum Gasteiger partial charge on any atom is -0.263 e. The highest BCUT2D eigenvalue weighted by Crippen LogP contribution is 2.54. The normalized spacial score (nSPS) is 14.5.